The molecule has 2 aromatic rings. The molecule has 31 heavy (non-hydrogen) atoms. The second-order valence-electron chi connectivity index (χ2n) is 9.21. The number of piperidine rings is 1. The smallest absolute Gasteiger partial charge is 0.128 e. The molecule has 2 fully saturated rings. The summed E-state index contributed by atoms with van der Waals surface area (Å²) in [7, 11) is 0. The number of phenolic OH excluding ortho intramolecular Hbond substituents is 2. The van der Waals surface area contributed by atoms with Crippen molar-refractivity contribution in [1.29, 1.82) is 0 Å². The Morgan fingerprint density at radius 2 is 1.58 bits per heavy atom. The number of nitrogens with zero attached hydrogens (tertiary/aromatic N) is 1. The second-order valence-corrected chi connectivity index (χ2v) is 9.21. The van der Waals surface area contributed by atoms with E-state index < -0.39 is 0 Å². The van der Waals surface area contributed by atoms with Crippen molar-refractivity contribution in [1.82, 2.24) is 4.90 Å². The van der Waals surface area contributed by atoms with Crippen molar-refractivity contribution in [2.75, 3.05) is 6.54 Å². The molecule has 3 nitrogen and oxygen atoms in total. The van der Waals surface area contributed by atoms with Gasteiger partial charge in [0.1, 0.15) is 11.5 Å². The van der Waals surface area contributed by atoms with Crippen molar-refractivity contribution in [3.8, 4) is 22.6 Å². The lowest BCUT2D eigenvalue weighted by Gasteiger charge is -2.44. The zero-order chi connectivity index (χ0) is 21.8. The van der Waals surface area contributed by atoms with Crippen LogP contribution in [0.1, 0.15) is 55.2 Å². The zero-order valence-electron chi connectivity index (χ0n) is 18.5. The molecule has 0 aromatic heterocycles. The lowest BCUT2D eigenvalue weighted by Crippen LogP contribution is -2.46. The number of likely N-dealkylation sites (tertiary alicyclic amines) is 1. The van der Waals surface area contributed by atoms with Crippen LogP contribution >= 0.6 is 0 Å². The molecular formula is C28H35NO2. The number of hydrogen-bond donors (Lipinski definition) is 2. The van der Waals surface area contributed by atoms with Gasteiger partial charge in [-0.05, 0) is 80.3 Å². The Bertz CT molecular complexity index is 946. The number of allylic oxidation sites excluding steroid dienone is 2. The quantitative estimate of drug-likeness (QED) is 0.514. The monoisotopic (exact) mass is 417 g/mol. The van der Waals surface area contributed by atoms with Gasteiger partial charge in [-0.2, -0.15) is 0 Å². The maximum absolute atomic E-state index is 11.3. The SMILES string of the molecule is C=CCc1ccc(O)c(-c2cc(CC=C)cc(CN3CCCC4CCCCC43)c2O)c1. The van der Waals surface area contributed by atoms with Gasteiger partial charge in [-0.3, -0.25) is 4.90 Å². The molecule has 0 bridgehead atoms. The van der Waals surface area contributed by atoms with E-state index in [4.69, 9.17) is 0 Å². The van der Waals surface area contributed by atoms with Crippen LogP contribution in [0.25, 0.3) is 11.1 Å². The number of fused-ring (bicyclic) bond motifs is 1. The first kappa shape index (κ1) is 21.7. The second kappa shape index (κ2) is 9.74. The molecule has 2 aromatic carbocycles. The molecule has 1 aliphatic carbocycles. The third kappa shape index (κ3) is 4.72. The topological polar surface area (TPSA) is 43.7 Å². The molecule has 2 N–H and O–H groups in total. The Hall–Kier alpha value is -2.52. The summed E-state index contributed by atoms with van der Waals surface area (Å²) < 4.78 is 0. The number of benzene rings is 2. The molecule has 3 heteroatoms. The highest BCUT2D eigenvalue weighted by atomic mass is 16.3. The van der Waals surface area contributed by atoms with Crippen LogP contribution in [0.15, 0.2) is 55.6 Å². The lowest BCUT2D eigenvalue weighted by atomic mass is 9.78. The van der Waals surface area contributed by atoms with Gasteiger partial charge in [0.25, 0.3) is 0 Å². The molecule has 1 saturated heterocycles. The number of hydrogen-bond acceptors (Lipinski definition) is 3. The van der Waals surface area contributed by atoms with E-state index in [0.717, 1.165) is 48.5 Å². The molecular weight excluding hydrogens is 382 g/mol. The average Bonchev–Trinajstić information content (AvgIpc) is 2.78. The minimum atomic E-state index is 0.190. The first-order valence-corrected chi connectivity index (χ1v) is 11.7. The fourth-order valence-electron chi connectivity index (χ4n) is 5.61. The van der Waals surface area contributed by atoms with Crippen LogP contribution in [0.4, 0.5) is 0 Å². The summed E-state index contributed by atoms with van der Waals surface area (Å²) >= 11 is 0. The molecule has 0 radical (unpaired) electrons. The van der Waals surface area contributed by atoms with E-state index in [9.17, 15) is 10.2 Å². The van der Waals surface area contributed by atoms with Crippen LogP contribution in [0, 0.1) is 5.92 Å². The van der Waals surface area contributed by atoms with Crippen molar-refractivity contribution < 1.29 is 10.2 Å². The van der Waals surface area contributed by atoms with E-state index in [2.05, 4.69) is 24.1 Å². The summed E-state index contributed by atoms with van der Waals surface area (Å²) in [6.07, 6.45) is 13.1. The van der Waals surface area contributed by atoms with E-state index in [1.54, 1.807) is 6.07 Å². The van der Waals surface area contributed by atoms with Gasteiger partial charge in [0.05, 0.1) is 0 Å². The number of phenols is 2. The fraction of sp³-hybridized carbons (Fsp3) is 0.429. The molecule has 1 aliphatic heterocycles. The van der Waals surface area contributed by atoms with Gasteiger partial charge in [0, 0.05) is 29.3 Å². The van der Waals surface area contributed by atoms with E-state index in [-0.39, 0.29) is 11.5 Å². The Morgan fingerprint density at radius 3 is 2.39 bits per heavy atom. The molecule has 2 aliphatic rings. The number of aromatic hydroxyl groups is 2. The molecule has 1 heterocycles. The zero-order valence-corrected chi connectivity index (χ0v) is 18.5. The highest BCUT2D eigenvalue weighted by Crippen LogP contribution is 2.41. The Morgan fingerprint density at radius 1 is 0.871 bits per heavy atom. The highest BCUT2D eigenvalue weighted by Gasteiger charge is 2.33. The van der Waals surface area contributed by atoms with Gasteiger partial charge in [0.2, 0.25) is 0 Å². The van der Waals surface area contributed by atoms with Crippen LogP contribution < -0.4 is 0 Å². The fourth-order valence-corrected chi connectivity index (χ4v) is 5.61. The van der Waals surface area contributed by atoms with Gasteiger partial charge >= 0.3 is 0 Å². The Balaban J connectivity index is 1.72. The van der Waals surface area contributed by atoms with Crippen LogP contribution in [-0.4, -0.2) is 27.7 Å². The molecule has 2 unspecified atom stereocenters. The summed E-state index contributed by atoms with van der Waals surface area (Å²) in [4.78, 5) is 2.60. The first-order chi connectivity index (χ1) is 15.1. The van der Waals surface area contributed by atoms with Crippen LogP contribution in [-0.2, 0) is 19.4 Å². The van der Waals surface area contributed by atoms with E-state index in [0.29, 0.717) is 17.2 Å². The predicted octanol–water partition coefficient (Wildman–Crippen LogP) is 6.38. The summed E-state index contributed by atoms with van der Waals surface area (Å²) in [6.45, 7) is 9.58. The maximum atomic E-state index is 11.3. The van der Waals surface area contributed by atoms with E-state index in [1.807, 2.05) is 30.4 Å². The standard InChI is InChI=1S/C28H35NO2/c1-3-8-20-13-14-27(30)24(17-20)25-18-21(9-4-2)16-23(28(25)31)19-29-15-7-11-22-10-5-6-12-26(22)29/h3-4,13-14,16-18,22,26,30-31H,1-2,5-12,15,19H2. The van der Waals surface area contributed by atoms with Crippen molar-refractivity contribution in [3.63, 3.8) is 0 Å². The normalized spacial score (nSPS) is 21.4. The summed E-state index contributed by atoms with van der Waals surface area (Å²) in [5.41, 5.74) is 4.52. The summed E-state index contributed by atoms with van der Waals surface area (Å²) in [6, 6.07) is 10.3. The maximum Gasteiger partial charge on any atom is 0.128 e. The predicted molar refractivity (Wildman–Crippen MR) is 128 cm³/mol. The molecule has 2 atom stereocenters. The summed E-state index contributed by atoms with van der Waals surface area (Å²) in [5.74, 6) is 1.28. The molecule has 1 saturated carbocycles. The van der Waals surface area contributed by atoms with E-state index in [1.165, 1.54) is 38.5 Å². The van der Waals surface area contributed by atoms with Crippen molar-refractivity contribution in [2.24, 2.45) is 5.92 Å². The van der Waals surface area contributed by atoms with Crippen molar-refractivity contribution >= 4 is 0 Å². The molecule has 0 spiro atoms. The number of rotatable bonds is 7. The van der Waals surface area contributed by atoms with Gasteiger partial charge in [0.15, 0.2) is 0 Å². The molecule has 164 valence electrons. The Kier molecular flexibility index (Phi) is 6.82. The van der Waals surface area contributed by atoms with E-state index >= 15 is 0 Å². The highest BCUT2D eigenvalue weighted by molar-refractivity contribution is 5.78. The lowest BCUT2D eigenvalue weighted by molar-refractivity contribution is 0.0541. The largest absolute Gasteiger partial charge is 0.507 e. The molecule has 4 rings (SSSR count). The third-order valence-electron chi connectivity index (χ3n) is 7.09. The van der Waals surface area contributed by atoms with Crippen LogP contribution in [0.5, 0.6) is 11.5 Å². The van der Waals surface area contributed by atoms with Crippen molar-refractivity contribution in [2.45, 2.75) is 64.0 Å². The van der Waals surface area contributed by atoms with Crippen LogP contribution in [0.3, 0.4) is 0 Å². The van der Waals surface area contributed by atoms with Gasteiger partial charge in [-0.15, -0.1) is 13.2 Å². The Labute approximate surface area is 186 Å². The van der Waals surface area contributed by atoms with Crippen molar-refractivity contribution in [3.05, 3.63) is 72.3 Å². The molecule has 0 amide bonds. The average molecular weight is 418 g/mol. The van der Waals surface area contributed by atoms with Crippen LogP contribution in [0.2, 0.25) is 0 Å². The van der Waals surface area contributed by atoms with Gasteiger partial charge < -0.3 is 10.2 Å². The van der Waals surface area contributed by atoms with Gasteiger partial charge in [-0.25, -0.2) is 0 Å². The first-order valence-electron chi connectivity index (χ1n) is 11.7. The summed E-state index contributed by atoms with van der Waals surface area (Å²) in [5, 5.41) is 21.9. The van der Waals surface area contributed by atoms with Gasteiger partial charge in [-0.1, -0.05) is 37.1 Å². The third-order valence-corrected chi connectivity index (χ3v) is 7.09. The minimum Gasteiger partial charge on any atom is -0.507 e. The minimum absolute atomic E-state index is 0.190.